The quantitative estimate of drug-likeness (QED) is 0.481. The van der Waals surface area contributed by atoms with E-state index in [1.807, 2.05) is 0 Å². The number of hydrogen-bond acceptors (Lipinski definition) is 5. The number of halogens is 1. The van der Waals surface area contributed by atoms with Crippen LogP contribution in [-0.4, -0.2) is 31.3 Å². The van der Waals surface area contributed by atoms with Crippen LogP contribution in [-0.2, 0) is 10.0 Å². The standard InChI is InChI=1S/C22H18FN3O5S/c1-31-21-18(11-17(12-19(21)23)26-8-7-20(27)24-22(26)28)15-4-3-14-10-16(25-32(2,29)30)6-5-13(14)9-15/h3-12,25H,1-2H3,(H,24,27,28). The van der Waals surface area contributed by atoms with E-state index in [-0.39, 0.29) is 11.4 Å². The Bertz CT molecular complexity index is 1580. The number of aromatic amines is 1. The molecule has 1 heterocycles. The number of fused-ring (bicyclic) bond motifs is 1. The molecule has 32 heavy (non-hydrogen) atoms. The van der Waals surface area contributed by atoms with Gasteiger partial charge in [-0.05, 0) is 40.6 Å². The van der Waals surface area contributed by atoms with E-state index >= 15 is 0 Å². The molecule has 8 nitrogen and oxygen atoms in total. The number of H-pyrrole nitrogens is 1. The maximum atomic E-state index is 14.8. The number of sulfonamides is 1. The highest BCUT2D eigenvalue weighted by molar-refractivity contribution is 7.92. The van der Waals surface area contributed by atoms with Gasteiger partial charge in [0.15, 0.2) is 11.6 Å². The third-order valence-corrected chi connectivity index (χ3v) is 5.40. The van der Waals surface area contributed by atoms with Crippen LogP contribution < -0.4 is 20.7 Å². The van der Waals surface area contributed by atoms with E-state index in [1.165, 1.54) is 19.4 Å². The van der Waals surface area contributed by atoms with Gasteiger partial charge < -0.3 is 4.74 Å². The molecule has 1 aromatic heterocycles. The zero-order valence-corrected chi connectivity index (χ0v) is 17.9. The summed E-state index contributed by atoms with van der Waals surface area (Å²) in [6.07, 6.45) is 2.34. The summed E-state index contributed by atoms with van der Waals surface area (Å²) < 4.78 is 46.6. The maximum absolute atomic E-state index is 14.8. The first-order chi connectivity index (χ1) is 15.1. The maximum Gasteiger partial charge on any atom is 0.332 e. The number of ether oxygens (including phenoxy) is 1. The van der Waals surface area contributed by atoms with Crippen molar-refractivity contribution < 1.29 is 17.5 Å². The summed E-state index contributed by atoms with van der Waals surface area (Å²) in [5.74, 6) is -0.674. The lowest BCUT2D eigenvalue weighted by atomic mass is 9.99. The van der Waals surface area contributed by atoms with Crippen LogP contribution in [0.2, 0.25) is 0 Å². The highest BCUT2D eigenvalue weighted by Gasteiger charge is 2.16. The molecule has 0 saturated heterocycles. The molecule has 4 rings (SSSR count). The van der Waals surface area contributed by atoms with E-state index in [0.717, 1.165) is 27.7 Å². The molecule has 2 N–H and O–H groups in total. The molecule has 10 heteroatoms. The van der Waals surface area contributed by atoms with E-state index in [9.17, 15) is 22.4 Å². The number of aromatic nitrogens is 2. The first kappa shape index (κ1) is 21.3. The molecule has 0 radical (unpaired) electrons. The van der Waals surface area contributed by atoms with Crippen molar-refractivity contribution in [2.45, 2.75) is 0 Å². The zero-order valence-electron chi connectivity index (χ0n) is 17.0. The van der Waals surface area contributed by atoms with Gasteiger partial charge in [0.05, 0.1) is 19.1 Å². The molecule has 0 aliphatic heterocycles. The molecular formula is C22H18FN3O5S. The minimum absolute atomic E-state index is 0.000867. The molecule has 0 unspecified atom stereocenters. The number of nitrogens with one attached hydrogen (secondary N) is 2. The van der Waals surface area contributed by atoms with Gasteiger partial charge in [0.25, 0.3) is 5.56 Å². The Morgan fingerprint density at radius 2 is 1.72 bits per heavy atom. The Labute approximate surface area is 182 Å². The van der Waals surface area contributed by atoms with Crippen LogP contribution in [0, 0.1) is 5.82 Å². The van der Waals surface area contributed by atoms with Gasteiger partial charge in [-0.3, -0.25) is 19.1 Å². The SMILES string of the molecule is COc1c(F)cc(-n2ccc(=O)[nH]c2=O)cc1-c1ccc2cc(NS(C)(=O)=O)ccc2c1. The second-order valence-electron chi connectivity index (χ2n) is 7.14. The first-order valence-corrected chi connectivity index (χ1v) is 11.3. The van der Waals surface area contributed by atoms with E-state index in [0.29, 0.717) is 16.8 Å². The van der Waals surface area contributed by atoms with E-state index < -0.39 is 27.1 Å². The molecule has 4 aromatic rings. The summed E-state index contributed by atoms with van der Waals surface area (Å²) in [5.41, 5.74) is 0.414. The molecular weight excluding hydrogens is 437 g/mol. The molecule has 0 bridgehead atoms. The lowest BCUT2D eigenvalue weighted by molar-refractivity contribution is 0.388. The lowest BCUT2D eigenvalue weighted by Gasteiger charge is -2.14. The van der Waals surface area contributed by atoms with Crippen LogP contribution in [0.4, 0.5) is 10.1 Å². The second kappa shape index (κ2) is 7.97. The van der Waals surface area contributed by atoms with Crippen LogP contribution in [0.5, 0.6) is 5.75 Å². The fraction of sp³-hybridized carbons (Fsp3) is 0.0909. The summed E-state index contributed by atoms with van der Waals surface area (Å²) in [7, 11) is -2.06. The van der Waals surface area contributed by atoms with E-state index in [4.69, 9.17) is 4.74 Å². The summed E-state index contributed by atoms with van der Waals surface area (Å²) in [4.78, 5) is 25.7. The Morgan fingerprint density at radius 1 is 1.00 bits per heavy atom. The molecule has 0 fully saturated rings. The molecule has 0 atom stereocenters. The molecule has 3 aromatic carbocycles. The Kier molecular flexibility index (Phi) is 5.31. The Hall–Kier alpha value is -3.92. The van der Waals surface area contributed by atoms with Gasteiger partial charge in [-0.25, -0.2) is 17.6 Å². The zero-order chi connectivity index (χ0) is 23.0. The van der Waals surface area contributed by atoms with Crippen LogP contribution in [0.3, 0.4) is 0 Å². The van der Waals surface area contributed by atoms with Crippen molar-refractivity contribution in [2.75, 3.05) is 18.1 Å². The summed E-state index contributed by atoms with van der Waals surface area (Å²) in [6, 6.07) is 14.3. The smallest absolute Gasteiger partial charge is 0.332 e. The summed E-state index contributed by atoms with van der Waals surface area (Å²) in [5, 5.41) is 1.56. The summed E-state index contributed by atoms with van der Waals surface area (Å²) in [6.45, 7) is 0. The number of anilines is 1. The van der Waals surface area contributed by atoms with Gasteiger partial charge >= 0.3 is 5.69 Å². The number of rotatable bonds is 5. The van der Waals surface area contributed by atoms with Crippen LogP contribution in [0.15, 0.2) is 70.4 Å². The average molecular weight is 455 g/mol. The molecule has 164 valence electrons. The minimum Gasteiger partial charge on any atom is -0.493 e. The van der Waals surface area contributed by atoms with Gasteiger partial charge in [0.2, 0.25) is 10.0 Å². The van der Waals surface area contributed by atoms with Crippen LogP contribution >= 0.6 is 0 Å². The van der Waals surface area contributed by atoms with E-state index in [1.54, 1.807) is 42.5 Å². The van der Waals surface area contributed by atoms with Crippen molar-refractivity contribution in [1.82, 2.24) is 9.55 Å². The predicted octanol–water partition coefficient (Wildman–Crippen LogP) is 2.87. The molecule has 0 saturated carbocycles. The highest BCUT2D eigenvalue weighted by atomic mass is 32.2. The normalized spacial score (nSPS) is 11.5. The number of benzene rings is 3. The minimum atomic E-state index is -3.41. The molecule has 0 aliphatic rings. The lowest BCUT2D eigenvalue weighted by Crippen LogP contribution is -2.27. The first-order valence-electron chi connectivity index (χ1n) is 9.36. The monoisotopic (exact) mass is 455 g/mol. The third kappa shape index (κ3) is 4.26. The molecule has 0 aliphatic carbocycles. The van der Waals surface area contributed by atoms with Gasteiger partial charge in [0.1, 0.15) is 0 Å². The third-order valence-electron chi connectivity index (χ3n) is 4.79. The number of nitrogens with zero attached hydrogens (tertiary/aromatic N) is 1. The fourth-order valence-corrected chi connectivity index (χ4v) is 4.01. The van der Waals surface area contributed by atoms with Crippen LogP contribution in [0.25, 0.3) is 27.6 Å². The van der Waals surface area contributed by atoms with Crippen molar-refractivity contribution in [3.8, 4) is 22.6 Å². The predicted molar refractivity (Wildman–Crippen MR) is 121 cm³/mol. The van der Waals surface area contributed by atoms with Crippen molar-refractivity contribution in [3.05, 3.63) is 87.4 Å². The second-order valence-corrected chi connectivity index (χ2v) is 8.89. The van der Waals surface area contributed by atoms with Crippen molar-refractivity contribution in [1.29, 1.82) is 0 Å². The van der Waals surface area contributed by atoms with Gasteiger partial charge in [-0.1, -0.05) is 18.2 Å². The Morgan fingerprint density at radius 3 is 2.41 bits per heavy atom. The van der Waals surface area contributed by atoms with Gasteiger partial charge in [-0.2, -0.15) is 0 Å². The van der Waals surface area contributed by atoms with Gasteiger partial charge in [0, 0.05) is 29.6 Å². The van der Waals surface area contributed by atoms with Gasteiger partial charge in [-0.15, -0.1) is 0 Å². The van der Waals surface area contributed by atoms with Crippen molar-refractivity contribution in [2.24, 2.45) is 0 Å². The Balaban J connectivity index is 1.86. The van der Waals surface area contributed by atoms with Crippen molar-refractivity contribution >= 4 is 26.5 Å². The summed E-state index contributed by atoms with van der Waals surface area (Å²) >= 11 is 0. The number of methoxy groups -OCH3 is 1. The average Bonchev–Trinajstić information content (AvgIpc) is 2.71. The van der Waals surface area contributed by atoms with Crippen LogP contribution in [0.1, 0.15) is 0 Å². The fourth-order valence-electron chi connectivity index (χ4n) is 3.45. The van der Waals surface area contributed by atoms with Crippen molar-refractivity contribution in [3.63, 3.8) is 0 Å². The number of hydrogen-bond donors (Lipinski definition) is 2. The topological polar surface area (TPSA) is 110 Å². The van der Waals surface area contributed by atoms with E-state index in [2.05, 4.69) is 9.71 Å². The molecule has 0 spiro atoms. The highest BCUT2D eigenvalue weighted by Crippen LogP contribution is 2.36. The molecule has 0 amide bonds. The largest absolute Gasteiger partial charge is 0.493 e.